The molecule has 0 fully saturated rings. The summed E-state index contributed by atoms with van der Waals surface area (Å²) in [6.45, 7) is 0. The second kappa shape index (κ2) is 5.51. The molecule has 2 aromatic carbocycles. The minimum Gasteiger partial charge on any atom is -0.374 e. The molecule has 0 aliphatic carbocycles. The highest BCUT2D eigenvalue weighted by atomic mass is 35.5. The van der Waals surface area contributed by atoms with Crippen molar-refractivity contribution in [2.24, 2.45) is 0 Å². The number of hydrogen-bond acceptors (Lipinski definition) is 2. The van der Waals surface area contributed by atoms with Gasteiger partial charge in [-0.25, -0.2) is 4.98 Å². The second-order valence-electron chi connectivity index (χ2n) is 6.09. The standard InChI is InChI=1S/C20H13Cl2N3/c21-15-6-3-5-13(18(15)22)19-14-10-24-20-17(14)12(8-9-23-20)11-4-1-2-7-16(11)25-19/h1-10,19,25H,(H,23,24). The van der Waals surface area contributed by atoms with Crippen molar-refractivity contribution in [1.82, 2.24) is 9.97 Å². The quantitative estimate of drug-likeness (QED) is 0.430. The summed E-state index contributed by atoms with van der Waals surface area (Å²) in [4.78, 5) is 7.77. The van der Waals surface area contributed by atoms with E-state index in [1.807, 2.05) is 36.7 Å². The summed E-state index contributed by atoms with van der Waals surface area (Å²) < 4.78 is 0. The zero-order chi connectivity index (χ0) is 17.0. The number of hydrogen-bond donors (Lipinski definition) is 2. The van der Waals surface area contributed by atoms with E-state index < -0.39 is 0 Å². The molecule has 0 radical (unpaired) electrons. The van der Waals surface area contributed by atoms with Crippen LogP contribution in [0.15, 0.2) is 60.9 Å². The Labute approximate surface area is 154 Å². The van der Waals surface area contributed by atoms with Crippen molar-refractivity contribution in [1.29, 1.82) is 0 Å². The lowest BCUT2D eigenvalue weighted by molar-refractivity contribution is 0.953. The van der Waals surface area contributed by atoms with Gasteiger partial charge in [-0.1, -0.05) is 53.5 Å². The summed E-state index contributed by atoms with van der Waals surface area (Å²) >= 11 is 12.8. The minimum absolute atomic E-state index is 0.119. The predicted molar refractivity (Wildman–Crippen MR) is 103 cm³/mol. The minimum atomic E-state index is -0.119. The van der Waals surface area contributed by atoms with Crippen molar-refractivity contribution in [2.75, 3.05) is 5.32 Å². The third-order valence-electron chi connectivity index (χ3n) is 4.72. The highest BCUT2D eigenvalue weighted by Crippen LogP contribution is 2.45. The molecule has 2 N–H and O–H groups in total. The number of rotatable bonds is 1. The number of fused-ring (bicyclic) bond motifs is 2. The number of nitrogens with one attached hydrogen (secondary N) is 2. The van der Waals surface area contributed by atoms with E-state index >= 15 is 0 Å². The number of aromatic amines is 1. The van der Waals surface area contributed by atoms with E-state index in [2.05, 4.69) is 33.5 Å². The van der Waals surface area contributed by atoms with Gasteiger partial charge in [-0.15, -0.1) is 0 Å². The van der Waals surface area contributed by atoms with E-state index in [0.29, 0.717) is 10.0 Å². The van der Waals surface area contributed by atoms with Crippen LogP contribution in [0, 0.1) is 0 Å². The summed E-state index contributed by atoms with van der Waals surface area (Å²) in [5.41, 5.74) is 6.29. The molecule has 1 aliphatic rings. The van der Waals surface area contributed by atoms with E-state index in [4.69, 9.17) is 23.2 Å². The van der Waals surface area contributed by atoms with Crippen molar-refractivity contribution >= 4 is 39.9 Å². The Morgan fingerprint density at radius 3 is 2.68 bits per heavy atom. The Bertz CT molecular complexity index is 1120. The van der Waals surface area contributed by atoms with Gasteiger partial charge in [0.25, 0.3) is 0 Å². The molecular weight excluding hydrogens is 353 g/mol. The molecule has 1 aliphatic heterocycles. The summed E-state index contributed by atoms with van der Waals surface area (Å²) in [5, 5.41) is 5.88. The first kappa shape index (κ1) is 14.8. The number of anilines is 1. The molecule has 0 amide bonds. The van der Waals surface area contributed by atoms with Crippen LogP contribution in [-0.2, 0) is 0 Å². The number of nitrogens with zero attached hydrogens (tertiary/aromatic N) is 1. The Hall–Kier alpha value is -2.49. The van der Waals surface area contributed by atoms with Gasteiger partial charge in [0, 0.05) is 34.6 Å². The van der Waals surface area contributed by atoms with Crippen LogP contribution in [0.5, 0.6) is 0 Å². The average molecular weight is 366 g/mol. The first-order valence-electron chi connectivity index (χ1n) is 8.00. The fourth-order valence-electron chi connectivity index (χ4n) is 3.60. The number of para-hydroxylation sites is 1. The van der Waals surface area contributed by atoms with E-state index in [9.17, 15) is 0 Å². The summed E-state index contributed by atoms with van der Waals surface area (Å²) in [5.74, 6) is 0. The Kier molecular flexibility index (Phi) is 3.27. The average Bonchev–Trinajstić information content (AvgIpc) is 3.00. The smallest absolute Gasteiger partial charge is 0.138 e. The molecule has 0 saturated carbocycles. The van der Waals surface area contributed by atoms with E-state index in [-0.39, 0.29) is 6.04 Å². The monoisotopic (exact) mass is 365 g/mol. The number of aromatic nitrogens is 2. The fraction of sp³-hybridized carbons (Fsp3) is 0.0500. The second-order valence-corrected chi connectivity index (χ2v) is 6.88. The summed E-state index contributed by atoms with van der Waals surface area (Å²) in [7, 11) is 0. The van der Waals surface area contributed by atoms with Gasteiger partial charge in [0.1, 0.15) is 5.65 Å². The Morgan fingerprint density at radius 1 is 0.880 bits per heavy atom. The Balaban J connectivity index is 1.86. The van der Waals surface area contributed by atoms with Crippen LogP contribution in [0.1, 0.15) is 17.2 Å². The zero-order valence-corrected chi connectivity index (χ0v) is 14.6. The van der Waals surface area contributed by atoms with Crippen LogP contribution < -0.4 is 5.32 Å². The van der Waals surface area contributed by atoms with Crippen molar-refractivity contribution in [3.05, 3.63) is 82.1 Å². The Morgan fingerprint density at radius 2 is 1.76 bits per heavy atom. The predicted octanol–water partition coefficient (Wildman–Crippen LogP) is 6.05. The van der Waals surface area contributed by atoms with Gasteiger partial charge in [0.15, 0.2) is 0 Å². The third kappa shape index (κ3) is 2.16. The summed E-state index contributed by atoms with van der Waals surface area (Å²) in [6.07, 6.45) is 3.84. The fourth-order valence-corrected chi connectivity index (χ4v) is 4.02. The zero-order valence-electron chi connectivity index (χ0n) is 13.1. The van der Waals surface area contributed by atoms with Crippen LogP contribution in [0.3, 0.4) is 0 Å². The van der Waals surface area contributed by atoms with Crippen molar-refractivity contribution < 1.29 is 0 Å². The number of pyridine rings is 1. The number of H-pyrrole nitrogens is 1. The first-order valence-corrected chi connectivity index (χ1v) is 8.75. The lowest BCUT2D eigenvalue weighted by Crippen LogP contribution is -2.12. The van der Waals surface area contributed by atoms with Crippen molar-refractivity contribution in [3.63, 3.8) is 0 Å². The largest absolute Gasteiger partial charge is 0.374 e. The van der Waals surface area contributed by atoms with Gasteiger partial charge in [-0.3, -0.25) is 0 Å². The molecule has 5 rings (SSSR count). The highest BCUT2D eigenvalue weighted by molar-refractivity contribution is 6.42. The molecule has 122 valence electrons. The SMILES string of the molecule is Clc1cccc(C2Nc3ccccc3-c3ccnc4[nH]cc2c34)c1Cl. The molecule has 1 unspecified atom stereocenters. The lowest BCUT2D eigenvalue weighted by atomic mass is 9.97. The van der Waals surface area contributed by atoms with Gasteiger partial charge in [0.2, 0.25) is 0 Å². The topological polar surface area (TPSA) is 40.7 Å². The van der Waals surface area contributed by atoms with E-state index in [0.717, 1.165) is 39.0 Å². The van der Waals surface area contributed by atoms with E-state index in [1.165, 1.54) is 0 Å². The highest BCUT2D eigenvalue weighted by Gasteiger charge is 2.27. The van der Waals surface area contributed by atoms with Gasteiger partial charge in [0.05, 0.1) is 16.1 Å². The van der Waals surface area contributed by atoms with Gasteiger partial charge >= 0.3 is 0 Å². The van der Waals surface area contributed by atoms with Crippen LogP contribution in [-0.4, -0.2) is 9.97 Å². The van der Waals surface area contributed by atoms with Gasteiger partial charge in [-0.05, 0) is 29.3 Å². The van der Waals surface area contributed by atoms with Crippen LogP contribution in [0.25, 0.3) is 22.2 Å². The summed E-state index contributed by atoms with van der Waals surface area (Å²) in [6, 6.07) is 16.0. The molecule has 5 heteroatoms. The normalized spacial score (nSPS) is 15.5. The molecule has 3 nitrogen and oxygen atoms in total. The number of halogens is 2. The van der Waals surface area contributed by atoms with Gasteiger partial charge in [-0.2, -0.15) is 0 Å². The molecule has 4 aromatic rings. The maximum atomic E-state index is 6.54. The van der Waals surface area contributed by atoms with Crippen LogP contribution in [0.4, 0.5) is 5.69 Å². The first-order chi connectivity index (χ1) is 12.2. The van der Waals surface area contributed by atoms with E-state index in [1.54, 1.807) is 6.07 Å². The number of benzene rings is 2. The molecule has 1 atom stereocenters. The maximum absolute atomic E-state index is 6.54. The van der Waals surface area contributed by atoms with Crippen molar-refractivity contribution in [2.45, 2.75) is 6.04 Å². The van der Waals surface area contributed by atoms with Crippen LogP contribution >= 0.6 is 23.2 Å². The van der Waals surface area contributed by atoms with Crippen LogP contribution in [0.2, 0.25) is 10.0 Å². The molecule has 2 aromatic heterocycles. The molecule has 3 heterocycles. The molecule has 0 saturated heterocycles. The van der Waals surface area contributed by atoms with Gasteiger partial charge < -0.3 is 10.3 Å². The van der Waals surface area contributed by atoms with Crippen molar-refractivity contribution in [3.8, 4) is 11.1 Å². The maximum Gasteiger partial charge on any atom is 0.138 e. The molecule has 0 spiro atoms. The lowest BCUT2D eigenvalue weighted by Gasteiger charge is -2.21. The molecule has 25 heavy (non-hydrogen) atoms. The third-order valence-corrected chi connectivity index (χ3v) is 5.56. The molecule has 0 bridgehead atoms. The molecular formula is C20H13Cl2N3.